The number of carbonyl (C=O) groups excluding carboxylic acids is 3. The lowest BCUT2D eigenvalue weighted by Gasteiger charge is -2.13. The molecule has 12 nitrogen and oxygen atoms in total. The first-order chi connectivity index (χ1) is 24.0. The van der Waals surface area contributed by atoms with E-state index in [4.69, 9.17) is 19.7 Å². The van der Waals surface area contributed by atoms with E-state index in [2.05, 4.69) is 20.3 Å². The molecule has 0 bridgehead atoms. The molecule has 0 N–H and O–H groups in total. The number of ether oxygens (including phenoxy) is 3. The van der Waals surface area contributed by atoms with Crippen LogP contribution in [0.2, 0.25) is 0 Å². The molecule has 5 aromatic rings. The van der Waals surface area contributed by atoms with Crippen LogP contribution in [0.4, 0.5) is 5.69 Å². The number of aromatic nitrogens is 3. The van der Waals surface area contributed by atoms with Gasteiger partial charge in [0, 0.05) is 4.91 Å². The number of methoxy groups -OCH3 is 2. The van der Waals surface area contributed by atoms with Crippen LogP contribution in [0.25, 0.3) is 38.4 Å². The molecular formula is C38H38N6O6. The first-order valence-corrected chi connectivity index (χ1v) is 15.8. The van der Waals surface area contributed by atoms with Gasteiger partial charge in [0.1, 0.15) is 0 Å². The third-order valence-corrected chi connectivity index (χ3v) is 7.64. The predicted molar refractivity (Wildman–Crippen MR) is 190 cm³/mol. The molecule has 0 aliphatic heterocycles. The summed E-state index contributed by atoms with van der Waals surface area (Å²) < 4.78 is 16.3. The molecule has 0 aliphatic rings. The SMILES string of the molecule is CCOC(=O)c1nnn(-c2cc(C(=O)OC)cc(-c3ccc(C)cc3)c2)c1C(C)C.COC(=O)c1cccc(-c2ccc(C)cc2)c1N=[N+]=[N-]. The Morgan fingerprint density at radius 3 is 2.00 bits per heavy atom. The zero-order valence-corrected chi connectivity index (χ0v) is 29.0. The molecule has 1 heterocycles. The normalized spacial score (nSPS) is 10.4. The topological polar surface area (TPSA) is 158 Å². The fraction of sp³-hybridized carbons (Fsp3) is 0.237. The Morgan fingerprint density at radius 1 is 0.820 bits per heavy atom. The average molecular weight is 675 g/mol. The zero-order valence-electron chi connectivity index (χ0n) is 29.0. The second-order valence-corrected chi connectivity index (χ2v) is 11.5. The molecule has 0 radical (unpaired) electrons. The number of azide groups is 1. The first-order valence-electron chi connectivity index (χ1n) is 15.8. The Labute approximate surface area is 290 Å². The maximum absolute atomic E-state index is 12.3. The van der Waals surface area contributed by atoms with E-state index in [0.29, 0.717) is 22.5 Å². The number of hydrogen-bond donors (Lipinski definition) is 0. The average Bonchev–Trinajstić information content (AvgIpc) is 3.58. The van der Waals surface area contributed by atoms with Gasteiger partial charge in [0.2, 0.25) is 0 Å². The molecule has 12 heteroatoms. The molecule has 0 unspecified atom stereocenters. The third kappa shape index (κ3) is 8.41. The molecule has 1 aromatic heterocycles. The van der Waals surface area contributed by atoms with Gasteiger partial charge in [-0.15, -0.1) is 5.10 Å². The summed E-state index contributed by atoms with van der Waals surface area (Å²) in [6.45, 7) is 9.89. The number of esters is 3. The summed E-state index contributed by atoms with van der Waals surface area (Å²) >= 11 is 0. The van der Waals surface area contributed by atoms with E-state index in [-0.39, 0.29) is 29.5 Å². The number of rotatable bonds is 9. The van der Waals surface area contributed by atoms with Gasteiger partial charge < -0.3 is 14.2 Å². The van der Waals surface area contributed by atoms with Gasteiger partial charge in [-0.25, -0.2) is 19.1 Å². The molecular weight excluding hydrogens is 636 g/mol. The fourth-order valence-corrected chi connectivity index (χ4v) is 5.16. The Kier molecular flexibility index (Phi) is 12.2. The van der Waals surface area contributed by atoms with Crippen molar-refractivity contribution < 1.29 is 28.6 Å². The molecule has 0 aliphatic carbocycles. The van der Waals surface area contributed by atoms with Crippen molar-refractivity contribution in [2.45, 2.75) is 40.5 Å². The lowest BCUT2D eigenvalue weighted by Crippen LogP contribution is -2.12. The van der Waals surface area contributed by atoms with Gasteiger partial charge in [0.25, 0.3) is 0 Å². The van der Waals surface area contributed by atoms with E-state index in [1.165, 1.54) is 14.2 Å². The van der Waals surface area contributed by atoms with Gasteiger partial charge in [-0.1, -0.05) is 96.0 Å². The largest absolute Gasteiger partial charge is 0.465 e. The third-order valence-electron chi connectivity index (χ3n) is 7.64. The second-order valence-electron chi connectivity index (χ2n) is 11.5. The minimum atomic E-state index is -0.527. The van der Waals surface area contributed by atoms with Crippen LogP contribution < -0.4 is 0 Å². The van der Waals surface area contributed by atoms with Crippen molar-refractivity contribution in [1.29, 1.82) is 0 Å². The van der Waals surface area contributed by atoms with Crippen molar-refractivity contribution in [2.75, 3.05) is 20.8 Å². The summed E-state index contributed by atoms with van der Waals surface area (Å²) in [4.78, 5) is 39.2. The molecule has 0 saturated carbocycles. The highest BCUT2D eigenvalue weighted by Gasteiger charge is 2.25. The van der Waals surface area contributed by atoms with Crippen LogP contribution in [0.5, 0.6) is 0 Å². The van der Waals surface area contributed by atoms with Crippen LogP contribution >= 0.6 is 0 Å². The van der Waals surface area contributed by atoms with Crippen LogP contribution in [0.15, 0.2) is 90.0 Å². The number of nitrogens with zero attached hydrogens (tertiary/aromatic N) is 6. The summed E-state index contributed by atoms with van der Waals surface area (Å²) in [5, 5.41) is 11.9. The van der Waals surface area contributed by atoms with Gasteiger partial charge in [0.05, 0.1) is 49.0 Å². The van der Waals surface area contributed by atoms with Crippen molar-refractivity contribution in [3.63, 3.8) is 0 Å². The summed E-state index contributed by atoms with van der Waals surface area (Å²) in [7, 11) is 2.63. The van der Waals surface area contributed by atoms with Crippen LogP contribution in [-0.4, -0.2) is 53.7 Å². The maximum Gasteiger partial charge on any atom is 0.360 e. The number of carbonyl (C=O) groups is 3. The Morgan fingerprint density at radius 2 is 1.44 bits per heavy atom. The minimum absolute atomic E-state index is 0.0518. The van der Waals surface area contributed by atoms with E-state index in [9.17, 15) is 14.4 Å². The van der Waals surface area contributed by atoms with Gasteiger partial charge >= 0.3 is 17.9 Å². The summed E-state index contributed by atoms with van der Waals surface area (Å²) in [5.74, 6) is -1.55. The standard InChI is InChI=1S/C23H25N3O4.C15H13N3O2/c1-6-30-23(28)20-21(14(2)3)26(25-24-20)19-12-17(11-18(13-19)22(27)29-5)16-9-7-15(4)8-10-16;1-10-6-8-11(9-7-10)12-4-3-5-13(15(19)20-2)14(12)17-18-16/h7-14H,6H2,1-5H3;3-9H,1-2H3. The van der Waals surface area contributed by atoms with E-state index in [1.807, 2.05) is 82.3 Å². The predicted octanol–water partition coefficient (Wildman–Crippen LogP) is 8.72. The van der Waals surface area contributed by atoms with E-state index < -0.39 is 17.9 Å². The molecule has 0 spiro atoms. The monoisotopic (exact) mass is 674 g/mol. The van der Waals surface area contributed by atoms with Crippen LogP contribution in [0, 0.1) is 13.8 Å². The molecule has 256 valence electrons. The van der Waals surface area contributed by atoms with Crippen LogP contribution in [0.3, 0.4) is 0 Å². The van der Waals surface area contributed by atoms with Crippen molar-refractivity contribution in [3.05, 3.63) is 129 Å². The van der Waals surface area contributed by atoms with Crippen molar-refractivity contribution in [1.82, 2.24) is 15.0 Å². The van der Waals surface area contributed by atoms with Gasteiger partial charge in [-0.3, -0.25) is 0 Å². The van der Waals surface area contributed by atoms with E-state index >= 15 is 0 Å². The molecule has 0 saturated heterocycles. The Bertz CT molecular complexity index is 2050. The number of aryl methyl sites for hydroxylation is 2. The van der Waals surface area contributed by atoms with Gasteiger partial charge in [-0.2, -0.15) is 0 Å². The lowest BCUT2D eigenvalue weighted by molar-refractivity contribution is 0.0515. The van der Waals surface area contributed by atoms with Crippen molar-refractivity contribution >= 4 is 23.6 Å². The second kappa shape index (κ2) is 16.7. The quantitative estimate of drug-likeness (QED) is 0.0493. The highest BCUT2D eigenvalue weighted by Crippen LogP contribution is 2.34. The van der Waals surface area contributed by atoms with Crippen LogP contribution in [-0.2, 0) is 14.2 Å². The first kappa shape index (κ1) is 36.6. The zero-order chi connectivity index (χ0) is 36.4. The Hall–Kier alpha value is -6.26. The molecule has 0 atom stereocenters. The van der Waals surface area contributed by atoms with E-state index in [0.717, 1.165) is 27.8 Å². The summed E-state index contributed by atoms with van der Waals surface area (Å²) in [6.07, 6.45) is 0. The summed E-state index contributed by atoms with van der Waals surface area (Å²) in [5.41, 5.74) is 16.7. The highest BCUT2D eigenvalue weighted by molar-refractivity contribution is 5.99. The van der Waals surface area contributed by atoms with E-state index in [1.54, 1.807) is 41.9 Å². The molecule has 50 heavy (non-hydrogen) atoms. The lowest BCUT2D eigenvalue weighted by atomic mass is 9.99. The Balaban J connectivity index is 0.000000244. The summed E-state index contributed by atoms with van der Waals surface area (Å²) in [6, 6.07) is 26.2. The molecule has 5 rings (SSSR count). The van der Waals surface area contributed by atoms with Gasteiger partial charge in [-0.05, 0) is 78.7 Å². The number of benzene rings is 4. The van der Waals surface area contributed by atoms with Gasteiger partial charge in [0.15, 0.2) is 5.69 Å². The minimum Gasteiger partial charge on any atom is -0.465 e. The molecule has 4 aromatic carbocycles. The van der Waals surface area contributed by atoms with Crippen LogP contribution in [0.1, 0.15) is 74.7 Å². The highest BCUT2D eigenvalue weighted by atomic mass is 16.5. The maximum atomic E-state index is 12.3. The molecule has 0 fully saturated rings. The smallest absolute Gasteiger partial charge is 0.360 e. The van der Waals surface area contributed by atoms with Crippen molar-refractivity contribution in [2.24, 2.45) is 5.11 Å². The fourth-order valence-electron chi connectivity index (χ4n) is 5.16. The molecule has 0 amide bonds. The van der Waals surface area contributed by atoms with Crippen molar-refractivity contribution in [3.8, 4) is 27.9 Å². The number of hydrogen-bond acceptors (Lipinski definition) is 9.